The molecule has 0 bridgehead atoms. The van der Waals surface area contributed by atoms with Crippen LogP contribution >= 0.6 is 11.6 Å². The number of benzene rings is 2. The Morgan fingerprint density at radius 3 is 2.79 bits per heavy atom. The van der Waals surface area contributed by atoms with Gasteiger partial charge in [-0.15, -0.1) is 5.10 Å². The summed E-state index contributed by atoms with van der Waals surface area (Å²) in [7, 11) is -4.07. The molecule has 1 amide bonds. The van der Waals surface area contributed by atoms with Gasteiger partial charge in [0.15, 0.2) is 0 Å². The van der Waals surface area contributed by atoms with Crippen LogP contribution in [0.3, 0.4) is 0 Å². The Hall–Kier alpha value is -2.71. The maximum absolute atomic E-state index is 12.7. The Balaban J connectivity index is 1.56. The molecule has 0 N–H and O–H groups in total. The third-order valence-electron chi connectivity index (χ3n) is 4.47. The van der Waals surface area contributed by atoms with Crippen molar-refractivity contribution < 1.29 is 17.6 Å². The van der Waals surface area contributed by atoms with Crippen LogP contribution in [-0.2, 0) is 21.1 Å². The number of hydrogen-bond donors (Lipinski definition) is 0. The van der Waals surface area contributed by atoms with Crippen molar-refractivity contribution in [2.75, 3.05) is 17.2 Å². The second-order valence-electron chi connectivity index (χ2n) is 6.42. The molecular formula is C19H16ClN3O4S. The fourth-order valence-corrected chi connectivity index (χ4v) is 4.33. The Morgan fingerprint density at radius 1 is 1.14 bits per heavy atom. The molecule has 0 atom stereocenters. The highest BCUT2D eigenvalue weighted by Gasteiger charge is 2.31. The fraction of sp³-hybridized carbons (Fsp3) is 0.211. The molecule has 2 aromatic carbocycles. The first-order valence-electron chi connectivity index (χ1n) is 8.64. The third kappa shape index (κ3) is 3.65. The van der Waals surface area contributed by atoms with Gasteiger partial charge in [0.1, 0.15) is 5.75 Å². The van der Waals surface area contributed by atoms with Gasteiger partial charge in [-0.3, -0.25) is 4.79 Å². The maximum atomic E-state index is 12.7. The molecule has 144 valence electrons. The average Bonchev–Trinajstić information content (AvgIpc) is 3.18. The Kier molecular flexibility index (Phi) is 4.91. The molecule has 4 rings (SSSR count). The highest BCUT2D eigenvalue weighted by Crippen LogP contribution is 2.28. The number of halogens is 1. The topological polar surface area (TPSA) is 93.4 Å². The minimum absolute atomic E-state index is 0.0249. The van der Waals surface area contributed by atoms with Crippen molar-refractivity contribution in [2.45, 2.75) is 18.1 Å². The van der Waals surface area contributed by atoms with Gasteiger partial charge in [0.05, 0.1) is 0 Å². The van der Waals surface area contributed by atoms with E-state index in [-0.39, 0.29) is 5.89 Å². The largest absolute Gasteiger partial charge is 0.408 e. The number of fused-ring (bicyclic) bond motifs is 1. The normalized spacial score (nSPS) is 14.0. The number of amides is 1. The summed E-state index contributed by atoms with van der Waals surface area (Å²) in [6.07, 6.45) is 1.64. The molecule has 1 aliphatic rings. The zero-order valence-corrected chi connectivity index (χ0v) is 16.3. The molecule has 0 saturated heterocycles. The van der Waals surface area contributed by atoms with E-state index in [2.05, 4.69) is 10.2 Å². The summed E-state index contributed by atoms with van der Waals surface area (Å²) < 4.78 is 30.6. The zero-order valence-electron chi connectivity index (χ0n) is 14.7. The van der Waals surface area contributed by atoms with Crippen LogP contribution in [0.1, 0.15) is 12.0 Å². The molecule has 3 aromatic rings. The number of anilines is 1. The molecule has 2 heterocycles. The minimum Gasteiger partial charge on any atom is -0.408 e. The van der Waals surface area contributed by atoms with Gasteiger partial charge in [-0.2, -0.15) is 0 Å². The highest BCUT2D eigenvalue weighted by atomic mass is 35.5. The van der Waals surface area contributed by atoms with Crippen molar-refractivity contribution in [1.29, 1.82) is 0 Å². The molecule has 0 unspecified atom stereocenters. The van der Waals surface area contributed by atoms with Crippen molar-refractivity contribution in [3.05, 3.63) is 59.1 Å². The average molecular weight is 418 g/mol. The smallest absolute Gasteiger partial charge is 0.336 e. The van der Waals surface area contributed by atoms with Crippen molar-refractivity contribution in [3.8, 4) is 11.5 Å². The molecule has 1 aromatic heterocycles. The van der Waals surface area contributed by atoms with Gasteiger partial charge in [-0.05, 0) is 42.7 Å². The van der Waals surface area contributed by atoms with Crippen LogP contribution < -0.4 is 4.90 Å². The summed E-state index contributed by atoms with van der Waals surface area (Å²) in [5, 5.41) is 7.26. The van der Waals surface area contributed by atoms with Crippen LogP contribution in [0.4, 0.5) is 5.69 Å². The summed E-state index contributed by atoms with van der Waals surface area (Å²) in [4.78, 5) is 14.2. The van der Waals surface area contributed by atoms with Gasteiger partial charge in [0.25, 0.3) is 0 Å². The number of aryl methyl sites for hydroxylation is 1. The molecule has 0 aliphatic carbocycles. The molecule has 28 heavy (non-hydrogen) atoms. The molecule has 1 aliphatic heterocycles. The number of para-hydroxylation sites is 1. The second-order valence-corrected chi connectivity index (χ2v) is 8.72. The van der Waals surface area contributed by atoms with E-state index in [1.54, 1.807) is 24.3 Å². The molecule has 0 saturated carbocycles. The lowest BCUT2D eigenvalue weighted by molar-refractivity contribution is -0.116. The van der Waals surface area contributed by atoms with Gasteiger partial charge in [-0.1, -0.05) is 41.0 Å². The summed E-state index contributed by atoms with van der Waals surface area (Å²) >= 11 is 5.93. The Bertz CT molecular complexity index is 1140. The molecule has 0 spiro atoms. The fourth-order valence-electron chi connectivity index (χ4n) is 3.17. The summed E-state index contributed by atoms with van der Waals surface area (Å²) in [6, 6.07) is 14.1. The molecular weight excluding hydrogens is 402 g/mol. The van der Waals surface area contributed by atoms with Crippen LogP contribution in [0.2, 0.25) is 5.02 Å². The number of nitrogens with zero attached hydrogens (tertiary/aromatic N) is 3. The van der Waals surface area contributed by atoms with E-state index < -0.39 is 26.7 Å². The first-order valence-corrected chi connectivity index (χ1v) is 10.7. The van der Waals surface area contributed by atoms with E-state index in [4.69, 9.17) is 16.0 Å². The van der Waals surface area contributed by atoms with E-state index in [0.717, 1.165) is 24.1 Å². The highest BCUT2D eigenvalue weighted by molar-refractivity contribution is 7.91. The standard InChI is InChI=1S/C19H16ClN3O4S/c20-15-8-3-6-14(11-15)18-21-22-19(27-18)28(25,26)12-17(24)23-10-4-7-13-5-1-2-9-16(13)23/h1-3,5-6,8-9,11H,4,7,10,12H2. The lowest BCUT2D eigenvalue weighted by Gasteiger charge is -2.29. The summed E-state index contributed by atoms with van der Waals surface area (Å²) in [5.74, 6) is -1.23. The van der Waals surface area contributed by atoms with Crippen molar-refractivity contribution in [1.82, 2.24) is 10.2 Å². The van der Waals surface area contributed by atoms with Crippen molar-refractivity contribution in [3.63, 3.8) is 0 Å². The molecule has 0 radical (unpaired) electrons. The van der Waals surface area contributed by atoms with Crippen molar-refractivity contribution in [2.24, 2.45) is 0 Å². The van der Waals surface area contributed by atoms with Gasteiger partial charge in [0, 0.05) is 22.8 Å². The quantitative estimate of drug-likeness (QED) is 0.647. The van der Waals surface area contributed by atoms with Crippen LogP contribution in [0.15, 0.2) is 58.2 Å². The van der Waals surface area contributed by atoms with Crippen LogP contribution in [0.5, 0.6) is 0 Å². The van der Waals surface area contributed by atoms with E-state index in [0.29, 0.717) is 17.1 Å². The second kappa shape index (κ2) is 7.37. The minimum atomic E-state index is -4.07. The predicted octanol–water partition coefficient (Wildman–Crippen LogP) is 3.14. The van der Waals surface area contributed by atoms with E-state index >= 15 is 0 Å². The summed E-state index contributed by atoms with van der Waals surface area (Å²) in [5.41, 5.74) is 2.28. The lowest BCUT2D eigenvalue weighted by atomic mass is 10.0. The van der Waals surface area contributed by atoms with Gasteiger partial charge < -0.3 is 9.32 Å². The van der Waals surface area contributed by atoms with E-state index in [1.807, 2.05) is 24.3 Å². The zero-order chi connectivity index (χ0) is 19.7. The monoisotopic (exact) mass is 417 g/mol. The SMILES string of the molecule is O=C(CS(=O)(=O)c1nnc(-c2cccc(Cl)c2)o1)N1CCCc2ccccc21. The van der Waals surface area contributed by atoms with Gasteiger partial charge in [-0.25, -0.2) is 8.42 Å². The summed E-state index contributed by atoms with van der Waals surface area (Å²) in [6.45, 7) is 0.475. The van der Waals surface area contributed by atoms with Crippen molar-refractivity contribution >= 4 is 33.0 Å². The number of carbonyl (C=O) groups is 1. The lowest BCUT2D eigenvalue weighted by Crippen LogP contribution is -2.39. The maximum Gasteiger partial charge on any atom is 0.336 e. The Morgan fingerprint density at radius 2 is 1.96 bits per heavy atom. The van der Waals surface area contributed by atoms with Gasteiger partial charge in [0.2, 0.25) is 21.6 Å². The Labute approximate surface area is 166 Å². The number of rotatable bonds is 4. The van der Waals surface area contributed by atoms with Crippen LogP contribution in [0, 0.1) is 0 Å². The number of aromatic nitrogens is 2. The van der Waals surface area contributed by atoms with E-state index in [9.17, 15) is 13.2 Å². The first kappa shape index (κ1) is 18.6. The predicted molar refractivity (Wildman–Crippen MR) is 104 cm³/mol. The number of sulfone groups is 1. The van der Waals surface area contributed by atoms with Crippen LogP contribution in [0.25, 0.3) is 11.5 Å². The van der Waals surface area contributed by atoms with Crippen LogP contribution in [-0.4, -0.2) is 36.8 Å². The number of hydrogen-bond acceptors (Lipinski definition) is 6. The molecule has 9 heteroatoms. The van der Waals surface area contributed by atoms with E-state index in [1.165, 1.54) is 4.90 Å². The molecule has 0 fully saturated rings. The first-order chi connectivity index (χ1) is 13.4. The third-order valence-corrected chi connectivity index (χ3v) is 6.03. The van der Waals surface area contributed by atoms with Gasteiger partial charge >= 0.3 is 5.22 Å². The number of carbonyl (C=O) groups excluding carboxylic acids is 1. The molecule has 7 nitrogen and oxygen atoms in total.